The van der Waals surface area contributed by atoms with Crippen molar-refractivity contribution < 1.29 is 33.2 Å². The second kappa shape index (κ2) is 19.5. The predicted octanol–water partition coefficient (Wildman–Crippen LogP) is 6.70. The molecule has 0 aliphatic rings. The van der Waals surface area contributed by atoms with Crippen LogP contribution in [-0.2, 0) is 30.2 Å². The number of aryl methyl sites for hydroxylation is 2. The Bertz CT molecular complexity index is 888. The summed E-state index contributed by atoms with van der Waals surface area (Å²) < 4.78 is 33.3. The molecule has 0 N–H and O–H groups in total. The van der Waals surface area contributed by atoms with Gasteiger partial charge < -0.3 is 28.4 Å². The molecule has 0 fully saturated rings. The SMILES string of the molecule is CC.CCC(COCCOc1ccc(Oc2c(C)cc(CC(CC)C(=O)OC)cc2C)cc1)OCCOC. The lowest BCUT2D eigenvalue weighted by atomic mass is 9.94. The third-order valence-electron chi connectivity index (χ3n) is 5.97. The van der Waals surface area contributed by atoms with Crippen LogP contribution in [0.4, 0.5) is 0 Å². The number of carbonyl (C=O) groups excluding carboxylic acids is 1. The third-order valence-corrected chi connectivity index (χ3v) is 5.97. The zero-order chi connectivity index (χ0) is 28.3. The van der Waals surface area contributed by atoms with Crippen LogP contribution in [0.5, 0.6) is 17.2 Å². The van der Waals surface area contributed by atoms with E-state index in [1.54, 1.807) is 7.11 Å². The molecule has 0 aliphatic carbocycles. The second-order valence-corrected chi connectivity index (χ2v) is 8.78. The van der Waals surface area contributed by atoms with Gasteiger partial charge in [-0.1, -0.05) is 39.8 Å². The molecule has 2 unspecified atom stereocenters. The van der Waals surface area contributed by atoms with Crippen molar-refractivity contribution in [2.45, 2.75) is 66.9 Å². The Morgan fingerprint density at radius 1 is 0.842 bits per heavy atom. The van der Waals surface area contributed by atoms with Gasteiger partial charge in [-0.05, 0) is 74.1 Å². The van der Waals surface area contributed by atoms with Gasteiger partial charge in [0.25, 0.3) is 0 Å². The maximum atomic E-state index is 12.0. The summed E-state index contributed by atoms with van der Waals surface area (Å²) in [5, 5.41) is 0. The Morgan fingerprint density at radius 3 is 2.03 bits per heavy atom. The molecule has 0 saturated heterocycles. The van der Waals surface area contributed by atoms with E-state index in [1.165, 1.54) is 7.11 Å². The van der Waals surface area contributed by atoms with E-state index in [0.29, 0.717) is 39.5 Å². The maximum Gasteiger partial charge on any atom is 0.308 e. The lowest BCUT2D eigenvalue weighted by molar-refractivity contribution is -0.145. The average molecular weight is 533 g/mol. The maximum absolute atomic E-state index is 12.0. The molecule has 7 nitrogen and oxygen atoms in total. The highest BCUT2D eigenvalue weighted by molar-refractivity contribution is 5.72. The number of benzene rings is 2. The fourth-order valence-electron chi connectivity index (χ4n) is 3.90. The van der Waals surface area contributed by atoms with Gasteiger partial charge in [0.15, 0.2) is 0 Å². The predicted molar refractivity (Wildman–Crippen MR) is 152 cm³/mol. The number of rotatable bonds is 17. The molecule has 2 atom stereocenters. The fourth-order valence-corrected chi connectivity index (χ4v) is 3.90. The van der Waals surface area contributed by atoms with E-state index >= 15 is 0 Å². The number of hydrogen-bond acceptors (Lipinski definition) is 7. The van der Waals surface area contributed by atoms with Crippen LogP contribution in [0, 0.1) is 19.8 Å². The van der Waals surface area contributed by atoms with Crippen LogP contribution in [0.15, 0.2) is 36.4 Å². The van der Waals surface area contributed by atoms with Crippen molar-refractivity contribution in [2.75, 3.05) is 47.3 Å². The molecule has 214 valence electrons. The Morgan fingerprint density at radius 2 is 1.47 bits per heavy atom. The first-order valence-electron chi connectivity index (χ1n) is 13.7. The van der Waals surface area contributed by atoms with Crippen LogP contribution in [0.2, 0.25) is 0 Å². The van der Waals surface area contributed by atoms with Crippen LogP contribution in [0.1, 0.15) is 57.2 Å². The van der Waals surface area contributed by atoms with Gasteiger partial charge in [0.1, 0.15) is 23.9 Å². The average Bonchev–Trinajstić information content (AvgIpc) is 2.94. The first-order valence-corrected chi connectivity index (χ1v) is 13.7. The molecule has 2 aromatic carbocycles. The summed E-state index contributed by atoms with van der Waals surface area (Å²) in [4.78, 5) is 12.0. The number of hydrogen-bond donors (Lipinski definition) is 0. The topological polar surface area (TPSA) is 72.5 Å². The molecule has 0 bridgehead atoms. The van der Waals surface area contributed by atoms with Gasteiger partial charge in [-0.25, -0.2) is 0 Å². The van der Waals surface area contributed by atoms with E-state index in [2.05, 4.69) is 19.1 Å². The van der Waals surface area contributed by atoms with E-state index in [-0.39, 0.29) is 18.0 Å². The highest BCUT2D eigenvalue weighted by Crippen LogP contribution is 2.31. The minimum absolute atomic E-state index is 0.0680. The second-order valence-electron chi connectivity index (χ2n) is 8.78. The quantitative estimate of drug-likeness (QED) is 0.166. The molecular formula is C31H48O7. The standard InChI is InChI=1S/C29H42O7.C2H6/c1-7-24(29(30)32-6)19-23-17-21(3)28(22(4)18-23)36-27-11-9-26(10-12-27)35-16-14-33-20-25(8-2)34-15-13-31-5;1-2/h9-12,17-18,24-25H,7-8,13-16,19-20H2,1-6H3;1-2H3. The molecule has 0 spiro atoms. The highest BCUT2D eigenvalue weighted by Gasteiger charge is 2.19. The van der Waals surface area contributed by atoms with E-state index in [1.807, 2.05) is 58.9 Å². The monoisotopic (exact) mass is 532 g/mol. The van der Waals surface area contributed by atoms with E-state index in [4.69, 9.17) is 28.4 Å². The van der Waals surface area contributed by atoms with Gasteiger partial charge in [-0.3, -0.25) is 4.79 Å². The molecule has 2 rings (SSSR count). The van der Waals surface area contributed by atoms with Crippen molar-refractivity contribution >= 4 is 5.97 Å². The third kappa shape index (κ3) is 11.8. The first-order chi connectivity index (χ1) is 18.4. The zero-order valence-corrected chi connectivity index (χ0v) is 24.6. The van der Waals surface area contributed by atoms with Gasteiger partial charge in [-0.15, -0.1) is 0 Å². The number of methoxy groups -OCH3 is 2. The Hall–Kier alpha value is -2.61. The summed E-state index contributed by atoms with van der Waals surface area (Å²) in [7, 11) is 3.10. The van der Waals surface area contributed by atoms with Gasteiger partial charge in [0.2, 0.25) is 0 Å². The number of ether oxygens (including phenoxy) is 6. The molecule has 0 aromatic heterocycles. The lowest BCUT2D eigenvalue weighted by Gasteiger charge is -2.17. The fraction of sp³-hybridized carbons (Fsp3) is 0.581. The molecule has 7 heteroatoms. The minimum atomic E-state index is -0.167. The summed E-state index contributed by atoms with van der Waals surface area (Å²) in [5.74, 6) is 2.01. The van der Waals surface area contributed by atoms with Crippen molar-refractivity contribution in [1.29, 1.82) is 0 Å². The number of carbonyl (C=O) groups is 1. The highest BCUT2D eigenvalue weighted by atomic mass is 16.6. The van der Waals surface area contributed by atoms with Crippen LogP contribution >= 0.6 is 0 Å². The van der Waals surface area contributed by atoms with Gasteiger partial charge in [0, 0.05) is 7.11 Å². The molecular weight excluding hydrogens is 484 g/mol. The smallest absolute Gasteiger partial charge is 0.308 e. The van der Waals surface area contributed by atoms with Crippen LogP contribution < -0.4 is 9.47 Å². The first kappa shape index (κ1) is 33.4. The van der Waals surface area contributed by atoms with Gasteiger partial charge in [0.05, 0.1) is 45.6 Å². The van der Waals surface area contributed by atoms with Crippen molar-refractivity contribution in [1.82, 2.24) is 0 Å². The molecule has 2 aromatic rings. The van der Waals surface area contributed by atoms with Crippen molar-refractivity contribution in [3.8, 4) is 17.2 Å². The zero-order valence-electron chi connectivity index (χ0n) is 24.6. The Kier molecular flexibility index (Phi) is 17.1. The van der Waals surface area contributed by atoms with Crippen LogP contribution in [0.25, 0.3) is 0 Å². The van der Waals surface area contributed by atoms with Gasteiger partial charge >= 0.3 is 5.97 Å². The molecule has 0 aliphatic heterocycles. The van der Waals surface area contributed by atoms with Crippen molar-refractivity contribution in [3.63, 3.8) is 0 Å². The van der Waals surface area contributed by atoms with E-state index < -0.39 is 0 Å². The largest absolute Gasteiger partial charge is 0.491 e. The minimum Gasteiger partial charge on any atom is -0.491 e. The van der Waals surface area contributed by atoms with Crippen LogP contribution in [-0.4, -0.2) is 59.3 Å². The summed E-state index contributed by atoms with van der Waals surface area (Å²) >= 11 is 0. The summed E-state index contributed by atoms with van der Waals surface area (Å²) in [6, 6.07) is 11.7. The van der Waals surface area contributed by atoms with Crippen molar-refractivity contribution in [2.24, 2.45) is 5.92 Å². The Labute approximate surface area is 229 Å². The lowest BCUT2D eigenvalue weighted by Crippen LogP contribution is -2.22. The van der Waals surface area contributed by atoms with E-state index in [0.717, 1.165) is 46.8 Å². The van der Waals surface area contributed by atoms with Crippen LogP contribution in [0.3, 0.4) is 0 Å². The number of esters is 1. The molecule has 0 heterocycles. The summed E-state index contributed by atoms with van der Waals surface area (Å²) in [6.07, 6.45) is 2.35. The Balaban J connectivity index is 0.00000352. The summed E-state index contributed by atoms with van der Waals surface area (Å²) in [5.41, 5.74) is 3.16. The van der Waals surface area contributed by atoms with Gasteiger partial charge in [-0.2, -0.15) is 0 Å². The molecule has 38 heavy (non-hydrogen) atoms. The normalized spacial score (nSPS) is 12.2. The van der Waals surface area contributed by atoms with Crippen molar-refractivity contribution in [3.05, 3.63) is 53.1 Å². The molecule has 0 radical (unpaired) electrons. The summed E-state index contributed by atoms with van der Waals surface area (Å²) in [6.45, 7) is 14.8. The molecule has 0 amide bonds. The van der Waals surface area contributed by atoms with E-state index in [9.17, 15) is 4.79 Å². The molecule has 0 saturated carbocycles.